The van der Waals surface area contributed by atoms with Gasteiger partial charge < -0.3 is 9.47 Å². The van der Waals surface area contributed by atoms with E-state index < -0.39 is 0 Å². The van der Waals surface area contributed by atoms with Crippen molar-refractivity contribution in [1.82, 2.24) is 0 Å². The lowest BCUT2D eigenvalue weighted by Crippen LogP contribution is -2.23. The molecule has 0 saturated heterocycles. The summed E-state index contributed by atoms with van der Waals surface area (Å²) in [5, 5.41) is 0. The molecule has 2 atom stereocenters. The van der Waals surface area contributed by atoms with Crippen molar-refractivity contribution in [2.75, 3.05) is 7.11 Å². The number of rotatable bonds is 8. The van der Waals surface area contributed by atoms with Crippen LogP contribution in [0.3, 0.4) is 0 Å². The van der Waals surface area contributed by atoms with Crippen molar-refractivity contribution in [3.05, 3.63) is 95.8 Å². The molecule has 0 amide bonds. The van der Waals surface area contributed by atoms with E-state index in [4.69, 9.17) is 9.47 Å². The highest BCUT2D eigenvalue weighted by Gasteiger charge is 2.21. The van der Waals surface area contributed by atoms with Crippen LogP contribution in [0.25, 0.3) is 12.3 Å². The molecular weight excluding hydrogens is 350 g/mol. The van der Waals surface area contributed by atoms with E-state index in [0.717, 1.165) is 17.4 Å². The minimum Gasteiger partial charge on any atom is -0.483 e. The van der Waals surface area contributed by atoms with Gasteiger partial charge in [-0.15, -0.1) is 0 Å². The van der Waals surface area contributed by atoms with Gasteiger partial charge in [-0.05, 0) is 48.4 Å². The Morgan fingerprint density at radius 3 is 2.36 bits per heavy atom. The maximum atomic E-state index is 10.8. The third-order valence-corrected chi connectivity index (χ3v) is 4.49. The summed E-state index contributed by atoms with van der Waals surface area (Å²) in [7, 11) is 1.67. The number of carbonyl (C=O) groups is 1. The largest absolute Gasteiger partial charge is 0.483 e. The van der Waals surface area contributed by atoms with Crippen LogP contribution >= 0.6 is 0 Å². The summed E-state index contributed by atoms with van der Waals surface area (Å²) in [4.78, 5) is 10.8. The summed E-state index contributed by atoms with van der Waals surface area (Å²) < 4.78 is 13.7. The molecular formula is C24H24NO3+. The predicted molar refractivity (Wildman–Crippen MR) is 110 cm³/mol. The first-order valence-electron chi connectivity index (χ1n) is 9.18. The SMILES string of the molecule is COC(C)C(Oc1ccc(C=O)cc1)c1cccc(C=C[n+]2ccccc2)c1. The van der Waals surface area contributed by atoms with E-state index in [0.29, 0.717) is 11.3 Å². The lowest BCUT2D eigenvalue weighted by molar-refractivity contribution is -0.567. The van der Waals surface area contributed by atoms with Gasteiger partial charge in [0.15, 0.2) is 18.6 Å². The normalized spacial score (nSPS) is 13.2. The van der Waals surface area contributed by atoms with E-state index in [-0.39, 0.29) is 12.2 Å². The summed E-state index contributed by atoms with van der Waals surface area (Å²) in [6, 6.07) is 21.2. The predicted octanol–water partition coefficient (Wildman–Crippen LogP) is 4.57. The van der Waals surface area contributed by atoms with Crippen molar-refractivity contribution in [2.24, 2.45) is 0 Å². The molecule has 0 bridgehead atoms. The van der Waals surface area contributed by atoms with Gasteiger partial charge in [-0.25, -0.2) is 0 Å². The van der Waals surface area contributed by atoms with E-state index in [1.54, 1.807) is 31.4 Å². The summed E-state index contributed by atoms with van der Waals surface area (Å²) in [6.45, 7) is 1.98. The van der Waals surface area contributed by atoms with Gasteiger partial charge >= 0.3 is 0 Å². The molecule has 0 radical (unpaired) electrons. The first-order chi connectivity index (χ1) is 13.7. The Morgan fingerprint density at radius 2 is 1.68 bits per heavy atom. The second-order valence-electron chi connectivity index (χ2n) is 6.47. The molecule has 0 spiro atoms. The number of nitrogens with zero attached hydrogens (tertiary/aromatic N) is 1. The number of hydrogen-bond donors (Lipinski definition) is 0. The monoisotopic (exact) mass is 374 g/mol. The maximum absolute atomic E-state index is 10.8. The minimum atomic E-state index is -0.273. The summed E-state index contributed by atoms with van der Waals surface area (Å²) in [5.41, 5.74) is 2.71. The lowest BCUT2D eigenvalue weighted by Gasteiger charge is -2.25. The number of ether oxygens (including phenoxy) is 2. The Labute approximate surface area is 165 Å². The highest BCUT2D eigenvalue weighted by atomic mass is 16.5. The van der Waals surface area contributed by atoms with Crippen LogP contribution in [-0.2, 0) is 4.74 Å². The fourth-order valence-corrected chi connectivity index (χ4v) is 2.85. The van der Waals surface area contributed by atoms with Crippen molar-refractivity contribution < 1.29 is 18.8 Å². The molecule has 3 aromatic rings. The quantitative estimate of drug-likeness (QED) is 0.428. The molecule has 0 saturated carbocycles. The fourth-order valence-electron chi connectivity index (χ4n) is 2.85. The third kappa shape index (κ3) is 5.15. The number of hydrogen-bond acceptors (Lipinski definition) is 3. The van der Waals surface area contributed by atoms with E-state index in [2.05, 4.69) is 18.2 Å². The molecule has 2 aromatic carbocycles. The number of benzene rings is 2. The highest BCUT2D eigenvalue weighted by molar-refractivity contribution is 5.74. The van der Waals surface area contributed by atoms with Crippen molar-refractivity contribution in [1.29, 1.82) is 0 Å². The number of carbonyl (C=O) groups excluding carboxylic acids is 1. The molecule has 4 heteroatoms. The average molecular weight is 374 g/mol. The van der Waals surface area contributed by atoms with Crippen LogP contribution in [0.1, 0.15) is 34.5 Å². The second kappa shape index (κ2) is 9.62. The van der Waals surface area contributed by atoms with Crippen LogP contribution < -0.4 is 9.30 Å². The lowest BCUT2D eigenvalue weighted by atomic mass is 10.0. The zero-order valence-electron chi connectivity index (χ0n) is 16.1. The highest BCUT2D eigenvalue weighted by Crippen LogP contribution is 2.27. The van der Waals surface area contributed by atoms with Crippen molar-refractivity contribution >= 4 is 18.6 Å². The Hall–Kier alpha value is -3.24. The number of pyridine rings is 1. The van der Waals surface area contributed by atoms with Gasteiger partial charge in [0.2, 0.25) is 0 Å². The molecule has 4 nitrogen and oxygen atoms in total. The summed E-state index contributed by atoms with van der Waals surface area (Å²) >= 11 is 0. The number of aldehydes is 1. The first-order valence-corrected chi connectivity index (χ1v) is 9.18. The van der Waals surface area contributed by atoms with Gasteiger partial charge in [0.1, 0.15) is 18.1 Å². The zero-order chi connectivity index (χ0) is 19.8. The third-order valence-electron chi connectivity index (χ3n) is 4.49. The van der Waals surface area contributed by atoms with Crippen LogP contribution in [0.15, 0.2) is 79.1 Å². The topological polar surface area (TPSA) is 39.4 Å². The number of aromatic nitrogens is 1. The molecule has 0 N–H and O–H groups in total. The van der Waals surface area contributed by atoms with Gasteiger partial charge in [-0.2, -0.15) is 4.57 Å². The minimum absolute atomic E-state index is 0.145. The van der Waals surface area contributed by atoms with Gasteiger partial charge in [-0.1, -0.05) is 24.3 Å². The standard InChI is InChI=1S/C24H24NO3/c1-19(27-2)24(28-23-11-9-21(18-26)10-12-23)22-8-6-7-20(17-22)13-16-25-14-4-3-5-15-25/h3-19,24H,1-2H3/q+1. The van der Waals surface area contributed by atoms with E-state index in [1.807, 2.05) is 60.4 Å². The van der Waals surface area contributed by atoms with Gasteiger partial charge in [0.05, 0.1) is 6.10 Å². The van der Waals surface area contributed by atoms with Crippen molar-refractivity contribution in [2.45, 2.75) is 19.1 Å². The molecule has 28 heavy (non-hydrogen) atoms. The van der Waals surface area contributed by atoms with Crippen LogP contribution in [0.4, 0.5) is 0 Å². The molecule has 0 aliphatic heterocycles. The van der Waals surface area contributed by atoms with Crippen LogP contribution in [0.5, 0.6) is 5.75 Å². The summed E-state index contributed by atoms with van der Waals surface area (Å²) in [6.07, 6.45) is 8.44. The molecule has 142 valence electrons. The molecule has 2 unspecified atom stereocenters. The molecule has 0 aliphatic rings. The molecule has 0 aliphatic carbocycles. The Bertz CT molecular complexity index is 920. The summed E-state index contributed by atoms with van der Waals surface area (Å²) in [5.74, 6) is 0.695. The molecule has 0 fully saturated rings. The van der Waals surface area contributed by atoms with Crippen LogP contribution in [0, 0.1) is 0 Å². The van der Waals surface area contributed by atoms with Gasteiger partial charge in [0.25, 0.3) is 0 Å². The maximum Gasteiger partial charge on any atom is 0.175 e. The van der Waals surface area contributed by atoms with Gasteiger partial charge in [0, 0.05) is 30.9 Å². The van der Waals surface area contributed by atoms with Crippen LogP contribution in [-0.4, -0.2) is 19.5 Å². The Morgan fingerprint density at radius 1 is 0.929 bits per heavy atom. The fraction of sp³-hybridized carbons (Fsp3) is 0.167. The van der Waals surface area contributed by atoms with E-state index in [9.17, 15) is 4.79 Å². The molecule has 1 aromatic heterocycles. The van der Waals surface area contributed by atoms with E-state index >= 15 is 0 Å². The molecule has 3 rings (SSSR count). The average Bonchev–Trinajstić information content (AvgIpc) is 2.77. The molecule has 1 heterocycles. The van der Waals surface area contributed by atoms with E-state index in [1.165, 1.54) is 0 Å². The van der Waals surface area contributed by atoms with Crippen molar-refractivity contribution in [3.63, 3.8) is 0 Å². The van der Waals surface area contributed by atoms with Crippen LogP contribution in [0.2, 0.25) is 0 Å². The zero-order valence-corrected chi connectivity index (χ0v) is 16.1. The smallest absolute Gasteiger partial charge is 0.175 e. The van der Waals surface area contributed by atoms with Gasteiger partial charge in [-0.3, -0.25) is 4.79 Å². The Balaban J connectivity index is 1.83. The van der Waals surface area contributed by atoms with Crippen molar-refractivity contribution in [3.8, 4) is 5.75 Å². The Kier molecular flexibility index (Phi) is 6.71. The second-order valence-corrected chi connectivity index (χ2v) is 6.47. The number of methoxy groups -OCH3 is 1. The first kappa shape index (κ1) is 19.5.